The number of nitrogens with zero attached hydrogens (tertiary/aromatic N) is 2. The zero-order valence-corrected chi connectivity index (χ0v) is 21.9. The number of nitriles is 1. The molecular formula is C28H38N2O10. The second kappa shape index (κ2) is 12.0. The summed E-state index contributed by atoms with van der Waals surface area (Å²) < 4.78 is 5.53. The zero-order chi connectivity index (χ0) is 27.2. The molecule has 1 aromatic rings. The molecule has 12 nitrogen and oxygen atoms in total. The normalized spacial score (nSPS) is 37.5. The molecule has 0 radical (unpaired) electrons. The van der Waals surface area contributed by atoms with Gasteiger partial charge in [0.15, 0.2) is 0 Å². The Labute approximate surface area is 231 Å². The van der Waals surface area contributed by atoms with Crippen LogP contribution in [0.2, 0.25) is 0 Å². The second-order valence-corrected chi connectivity index (χ2v) is 10.9. The lowest BCUT2D eigenvalue weighted by Crippen LogP contribution is -2.66. The maximum atomic E-state index is 12.1. The van der Waals surface area contributed by atoms with Crippen molar-refractivity contribution in [2.75, 3.05) is 13.2 Å². The minimum absolute atomic E-state index is 0. The topological polar surface area (TPSA) is 238 Å². The lowest BCUT2D eigenvalue weighted by molar-refractivity contribution is -0.330. The van der Waals surface area contributed by atoms with Crippen molar-refractivity contribution in [1.29, 1.82) is 5.26 Å². The molecule has 40 heavy (non-hydrogen) atoms. The summed E-state index contributed by atoms with van der Waals surface area (Å²) in [5.41, 5.74) is 0.854. The molecule has 3 fully saturated rings. The van der Waals surface area contributed by atoms with E-state index in [1.807, 2.05) is 12.1 Å². The van der Waals surface area contributed by atoms with E-state index in [2.05, 4.69) is 18.2 Å². The van der Waals surface area contributed by atoms with Gasteiger partial charge in [-0.15, -0.1) is 0 Å². The van der Waals surface area contributed by atoms with Crippen LogP contribution in [-0.2, 0) is 16.0 Å². The highest BCUT2D eigenvalue weighted by atomic mass is 16.7. The van der Waals surface area contributed by atoms with Gasteiger partial charge in [0.1, 0.15) is 36.0 Å². The molecule has 2 aliphatic heterocycles. The number of hydrogen-bond donors (Lipinski definition) is 6. The van der Waals surface area contributed by atoms with Crippen molar-refractivity contribution in [3.05, 3.63) is 59.2 Å². The fourth-order valence-electron chi connectivity index (χ4n) is 6.14. The summed E-state index contributed by atoms with van der Waals surface area (Å²) in [5, 5.41) is 72.7. The van der Waals surface area contributed by atoms with Gasteiger partial charge in [0, 0.05) is 18.0 Å². The number of aliphatic carboxylic acids is 1. The number of carbonyl (C=O) groups is 1. The Morgan fingerprint density at radius 2 is 1.77 bits per heavy atom. The largest absolute Gasteiger partial charge is 0.480 e. The first kappa shape index (κ1) is 31.8. The minimum Gasteiger partial charge on any atom is -0.480 e. The third kappa shape index (κ3) is 5.33. The average Bonchev–Trinajstić information content (AvgIpc) is 3.65. The molecule has 1 saturated carbocycles. The lowest BCUT2D eigenvalue weighted by atomic mass is 9.72. The number of aliphatic hydroxyl groups is 5. The monoisotopic (exact) mass is 562 g/mol. The molecular weight excluding hydrogens is 524 g/mol. The zero-order valence-electron chi connectivity index (χ0n) is 21.9. The summed E-state index contributed by atoms with van der Waals surface area (Å²) in [6, 6.07) is 9.60. The van der Waals surface area contributed by atoms with E-state index in [1.165, 1.54) is 17.7 Å². The molecule has 8 atom stereocenters. The molecule has 5 rings (SSSR count). The highest BCUT2D eigenvalue weighted by Crippen LogP contribution is 2.44. The molecule has 2 heterocycles. The van der Waals surface area contributed by atoms with Crippen LogP contribution in [0.25, 0.3) is 0 Å². The second-order valence-electron chi connectivity index (χ2n) is 10.9. The molecule has 12 heteroatoms. The molecule has 1 aromatic carbocycles. The minimum atomic E-state index is -2.48. The van der Waals surface area contributed by atoms with E-state index in [4.69, 9.17) is 4.74 Å². The Morgan fingerprint density at radius 3 is 2.35 bits per heavy atom. The van der Waals surface area contributed by atoms with Gasteiger partial charge in [-0.25, -0.2) is 0 Å². The molecule has 0 spiro atoms. The van der Waals surface area contributed by atoms with Crippen LogP contribution in [0.4, 0.5) is 0 Å². The van der Waals surface area contributed by atoms with Gasteiger partial charge >= 0.3 is 5.97 Å². The van der Waals surface area contributed by atoms with Gasteiger partial charge < -0.3 is 46.3 Å². The predicted molar refractivity (Wildman–Crippen MR) is 141 cm³/mol. The molecule has 0 aromatic heterocycles. The van der Waals surface area contributed by atoms with Crippen LogP contribution in [0.5, 0.6) is 0 Å². The van der Waals surface area contributed by atoms with Gasteiger partial charge in [-0.3, -0.25) is 9.69 Å². The van der Waals surface area contributed by atoms with Crippen molar-refractivity contribution in [2.45, 2.75) is 79.8 Å². The SMILES string of the molecule is N#CC1(N2CCC[C@H]2C(=O)O)C=CC([C@@]2(O)O[C@H](CO)[C@@H](O)[C@H](O)[C@H]2O)=CC1Cc1ccc(C2CC2)cc1.O.O. The van der Waals surface area contributed by atoms with E-state index in [9.17, 15) is 40.7 Å². The highest BCUT2D eigenvalue weighted by Gasteiger charge is 2.56. The van der Waals surface area contributed by atoms with Crippen molar-refractivity contribution in [3.8, 4) is 6.07 Å². The third-order valence-corrected chi connectivity index (χ3v) is 8.52. The van der Waals surface area contributed by atoms with Gasteiger partial charge in [-0.1, -0.05) is 36.4 Å². The number of ether oxygens (including phenoxy) is 1. The third-order valence-electron chi connectivity index (χ3n) is 8.52. The first-order valence-electron chi connectivity index (χ1n) is 13.1. The summed E-state index contributed by atoms with van der Waals surface area (Å²) in [6.45, 7) is -0.312. The van der Waals surface area contributed by atoms with Crippen molar-refractivity contribution in [3.63, 3.8) is 0 Å². The fourth-order valence-corrected chi connectivity index (χ4v) is 6.14. The number of carboxylic acid groups (broad SMARTS) is 1. The number of hydrogen-bond acceptors (Lipinski definition) is 9. The quantitative estimate of drug-likeness (QED) is 0.226. The Bertz CT molecular complexity index is 1160. The van der Waals surface area contributed by atoms with Gasteiger partial charge in [-0.2, -0.15) is 5.26 Å². The first-order chi connectivity index (χ1) is 18.1. The molecule has 2 saturated heterocycles. The van der Waals surface area contributed by atoms with E-state index in [1.54, 1.807) is 11.0 Å². The summed E-state index contributed by atoms with van der Waals surface area (Å²) >= 11 is 0. The van der Waals surface area contributed by atoms with Crippen LogP contribution in [0.3, 0.4) is 0 Å². The summed E-state index contributed by atoms with van der Waals surface area (Å²) in [6.07, 6.45) is 1.46. The van der Waals surface area contributed by atoms with Gasteiger partial charge in [0.25, 0.3) is 0 Å². The Morgan fingerprint density at radius 1 is 1.10 bits per heavy atom. The first-order valence-corrected chi connectivity index (χ1v) is 13.1. The van der Waals surface area contributed by atoms with Gasteiger partial charge in [-0.05, 0) is 55.2 Å². The lowest BCUT2D eigenvalue weighted by Gasteiger charge is -2.48. The standard InChI is InChI=1S/C28H34N2O8.2H2O/c29-15-27(30-11-1-2-21(30)26(35)36)10-9-19(28(37)25(34)24(33)23(32)22(14-31)38-28)13-20(27)12-16-3-5-17(6-4-16)18-7-8-18;;/h3-6,9-10,13,18,20-25,31-34,37H,1-2,7-8,11-12,14H2,(H,35,36);2*1H2/t20?,21-,22+,23+,24-,25+,27?,28+;;/m0../s1. The number of carboxylic acids is 1. The summed E-state index contributed by atoms with van der Waals surface area (Å²) in [5.74, 6) is -3.57. The average molecular weight is 563 g/mol. The summed E-state index contributed by atoms with van der Waals surface area (Å²) in [4.78, 5) is 13.7. The van der Waals surface area contributed by atoms with Gasteiger partial charge in [0.05, 0.1) is 12.7 Å². The molecule has 0 amide bonds. The summed E-state index contributed by atoms with van der Waals surface area (Å²) in [7, 11) is 0. The maximum absolute atomic E-state index is 12.1. The number of benzene rings is 1. The van der Waals surface area contributed by atoms with Crippen molar-refractivity contribution < 1.29 is 51.1 Å². The van der Waals surface area contributed by atoms with Crippen LogP contribution < -0.4 is 0 Å². The number of aliphatic hydroxyl groups excluding tert-OH is 4. The molecule has 0 bridgehead atoms. The fraction of sp³-hybridized carbons (Fsp3) is 0.571. The van der Waals surface area contributed by atoms with Crippen LogP contribution in [0.15, 0.2) is 48.1 Å². The highest BCUT2D eigenvalue weighted by molar-refractivity contribution is 5.74. The van der Waals surface area contributed by atoms with Crippen LogP contribution in [0, 0.1) is 17.2 Å². The Kier molecular flexibility index (Phi) is 9.58. The molecule has 4 aliphatic rings. The van der Waals surface area contributed by atoms with E-state index in [0.717, 1.165) is 18.4 Å². The van der Waals surface area contributed by atoms with E-state index in [-0.39, 0.29) is 16.5 Å². The number of rotatable bonds is 7. The van der Waals surface area contributed by atoms with Crippen molar-refractivity contribution in [2.24, 2.45) is 5.92 Å². The van der Waals surface area contributed by atoms with E-state index in [0.29, 0.717) is 31.7 Å². The Balaban J connectivity index is 0.00000220. The maximum Gasteiger partial charge on any atom is 0.320 e. The Hall–Kier alpha value is -2.70. The van der Waals surface area contributed by atoms with Crippen molar-refractivity contribution in [1.82, 2.24) is 4.90 Å². The van der Waals surface area contributed by atoms with Crippen LogP contribution in [-0.4, -0.2) is 107 Å². The smallest absolute Gasteiger partial charge is 0.320 e. The molecule has 2 aliphatic carbocycles. The molecule has 10 N–H and O–H groups in total. The van der Waals surface area contributed by atoms with Crippen molar-refractivity contribution >= 4 is 5.97 Å². The van der Waals surface area contributed by atoms with Crippen LogP contribution in [0.1, 0.15) is 42.7 Å². The van der Waals surface area contributed by atoms with E-state index >= 15 is 0 Å². The molecule has 2 unspecified atom stereocenters. The van der Waals surface area contributed by atoms with E-state index < -0.39 is 60.3 Å². The van der Waals surface area contributed by atoms with Gasteiger partial charge in [0.2, 0.25) is 5.79 Å². The van der Waals surface area contributed by atoms with Crippen LogP contribution >= 0.6 is 0 Å². The predicted octanol–water partition coefficient (Wildman–Crippen LogP) is -1.46. The molecule has 220 valence electrons. The number of likely N-dealkylation sites (tertiary alicyclic amines) is 1.